The fraction of sp³-hybridized carbons (Fsp3) is 0.333. The smallest absolute Gasteiger partial charge is 0.0223 e. The predicted octanol–water partition coefficient (Wildman–Crippen LogP) is 3.04. The second-order valence-electron chi connectivity index (χ2n) is 4.63. The van der Waals surface area contributed by atoms with Gasteiger partial charge in [-0.3, -0.25) is 0 Å². The van der Waals surface area contributed by atoms with Gasteiger partial charge in [-0.2, -0.15) is 0 Å². The van der Waals surface area contributed by atoms with Gasteiger partial charge in [-0.1, -0.05) is 24.3 Å². The minimum absolute atomic E-state index is 0.492. The first-order valence-corrected chi connectivity index (χ1v) is 6.15. The molecule has 0 amide bonds. The van der Waals surface area contributed by atoms with Crippen LogP contribution in [0.4, 0.5) is 0 Å². The van der Waals surface area contributed by atoms with Gasteiger partial charge in [-0.05, 0) is 43.0 Å². The van der Waals surface area contributed by atoms with E-state index >= 15 is 0 Å². The van der Waals surface area contributed by atoms with E-state index in [0.717, 1.165) is 13.0 Å². The third-order valence-electron chi connectivity index (χ3n) is 3.10. The number of hydrogen-bond donors (Lipinski definition) is 2. The SMILES string of the molecule is Cc1ccccc1CC(C)NCc1cc[nH]c1. The van der Waals surface area contributed by atoms with Gasteiger partial charge in [0.25, 0.3) is 0 Å². The van der Waals surface area contributed by atoms with Crippen LogP contribution in [0.25, 0.3) is 0 Å². The fourth-order valence-corrected chi connectivity index (χ4v) is 2.00. The number of nitrogens with one attached hydrogen (secondary N) is 2. The Kier molecular flexibility index (Phi) is 3.99. The van der Waals surface area contributed by atoms with Crippen molar-refractivity contribution < 1.29 is 0 Å². The summed E-state index contributed by atoms with van der Waals surface area (Å²) >= 11 is 0. The molecule has 2 heteroatoms. The van der Waals surface area contributed by atoms with Crippen molar-refractivity contribution in [3.05, 3.63) is 59.4 Å². The molecule has 2 aromatic rings. The van der Waals surface area contributed by atoms with Gasteiger partial charge < -0.3 is 10.3 Å². The van der Waals surface area contributed by atoms with Crippen LogP contribution in [0.1, 0.15) is 23.6 Å². The molecule has 0 radical (unpaired) electrons. The van der Waals surface area contributed by atoms with Gasteiger partial charge in [0, 0.05) is 25.0 Å². The van der Waals surface area contributed by atoms with E-state index < -0.39 is 0 Å². The first-order valence-electron chi connectivity index (χ1n) is 6.15. The number of aromatic nitrogens is 1. The van der Waals surface area contributed by atoms with Gasteiger partial charge >= 0.3 is 0 Å². The lowest BCUT2D eigenvalue weighted by atomic mass is 10.0. The van der Waals surface area contributed by atoms with E-state index in [4.69, 9.17) is 0 Å². The summed E-state index contributed by atoms with van der Waals surface area (Å²) in [5.74, 6) is 0. The number of H-pyrrole nitrogens is 1. The Bertz CT molecular complexity index is 446. The molecular formula is C15H20N2. The monoisotopic (exact) mass is 228 g/mol. The average molecular weight is 228 g/mol. The minimum atomic E-state index is 0.492. The fourth-order valence-electron chi connectivity index (χ4n) is 2.00. The molecule has 0 bridgehead atoms. The van der Waals surface area contributed by atoms with E-state index in [0.29, 0.717) is 6.04 Å². The molecule has 0 aliphatic carbocycles. The van der Waals surface area contributed by atoms with Gasteiger partial charge in [0.15, 0.2) is 0 Å². The van der Waals surface area contributed by atoms with Gasteiger partial charge in [0.1, 0.15) is 0 Å². The number of aromatic amines is 1. The maximum Gasteiger partial charge on any atom is 0.0223 e. The second kappa shape index (κ2) is 5.69. The van der Waals surface area contributed by atoms with Crippen LogP contribution in [0.15, 0.2) is 42.7 Å². The molecule has 0 fully saturated rings. The zero-order chi connectivity index (χ0) is 12.1. The third-order valence-corrected chi connectivity index (χ3v) is 3.10. The van der Waals surface area contributed by atoms with Gasteiger partial charge in [0.2, 0.25) is 0 Å². The van der Waals surface area contributed by atoms with E-state index in [1.54, 1.807) is 0 Å². The van der Waals surface area contributed by atoms with Crippen molar-refractivity contribution in [2.45, 2.75) is 32.9 Å². The Morgan fingerprint density at radius 1 is 1.24 bits per heavy atom. The van der Waals surface area contributed by atoms with E-state index in [-0.39, 0.29) is 0 Å². The molecule has 2 N–H and O–H groups in total. The maximum atomic E-state index is 3.54. The Hall–Kier alpha value is -1.54. The summed E-state index contributed by atoms with van der Waals surface area (Å²) in [5, 5.41) is 3.54. The highest BCUT2D eigenvalue weighted by Gasteiger charge is 2.05. The average Bonchev–Trinajstić information content (AvgIpc) is 2.82. The molecule has 17 heavy (non-hydrogen) atoms. The summed E-state index contributed by atoms with van der Waals surface area (Å²) in [6.45, 7) is 5.34. The first-order chi connectivity index (χ1) is 8.25. The summed E-state index contributed by atoms with van der Waals surface area (Å²) in [4.78, 5) is 3.07. The predicted molar refractivity (Wildman–Crippen MR) is 72.0 cm³/mol. The molecule has 0 saturated heterocycles. The molecule has 1 unspecified atom stereocenters. The number of aryl methyl sites for hydroxylation is 1. The molecular weight excluding hydrogens is 208 g/mol. The van der Waals surface area contributed by atoms with Gasteiger partial charge in [-0.25, -0.2) is 0 Å². The Balaban J connectivity index is 1.85. The Morgan fingerprint density at radius 2 is 2.06 bits per heavy atom. The minimum Gasteiger partial charge on any atom is -0.367 e. The number of hydrogen-bond acceptors (Lipinski definition) is 1. The highest BCUT2D eigenvalue weighted by molar-refractivity contribution is 5.26. The molecule has 2 rings (SSSR count). The first kappa shape index (κ1) is 11.9. The van der Waals surface area contributed by atoms with Crippen LogP contribution in [-0.2, 0) is 13.0 Å². The molecule has 1 aromatic carbocycles. The van der Waals surface area contributed by atoms with Crippen molar-refractivity contribution in [1.82, 2.24) is 10.3 Å². The molecule has 0 saturated carbocycles. The second-order valence-corrected chi connectivity index (χ2v) is 4.63. The van der Waals surface area contributed by atoms with Crippen molar-refractivity contribution in [2.75, 3.05) is 0 Å². The van der Waals surface area contributed by atoms with E-state index in [2.05, 4.69) is 54.5 Å². The molecule has 1 atom stereocenters. The standard InChI is InChI=1S/C15H20N2/c1-12-5-3-4-6-15(12)9-13(2)17-11-14-7-8-16-10-14/h3-8,10,13,16-17H,9,11H2,1-2H3. The van der Waals surface area contributed by atoms with Crippen LogP contribution in [0.3, 0.4) is 0 Å². The van der Waals surface area contributed by atoms with Crippen LogP contribution in [-0.4, -0.2) is 11.0 Å². The molecule has 1 heterocycles. The highest BCUT2D eigenvalue weighted by Crippen LogP contribution is 2.10. The lowest BCUT2D eigenvalue weighted by molar-refractivity contribution is 0.545. The van der Waals surface area contributed by atoms with Crippen molar-refractivity contribution in [3.63, 3.8) is 0 Å². The van der Waals surface area contributed by atoms with Crippen molar-refractivity contribution in [2.24, 2.45) is 0 Å². The van der Waals surface area contributed by atoms with Crippen LogP contribution < -0.4 is 5.32 Å². The normalized spacial score (nSPS) is 12.6. The number of benzene rings is 1. The quantitative estimate of drug-likeness (QED) is 0.809. The summed E-state index contributed by atoms with van der Waals surface area (Å²) in [5.41, 5.74) is 4.12. The highest BCUT2D eigenvalue weighted by atomic mass is 14.9. The lowest BCUT2D eigenvalue weighted by Crippen LogP contribution is -2.27. The van der Waals surface area contributed by atoms with Crippen molar-refractivity contribution in [3.8, 4) is 0 Å². The van der Waals surface area contributed by atoms with Gasteiger partial charge in [0.05, 0.1) is 0 Å². The summed E-state index contributed by atoms with van der Waals surface area (Å²) < 4.78 is 0. The van der Waals surface area contributed by atoms with Crippen LogP contribution in [0.2, 0.25) is 0 Å². The van der Waals surface area contributed by atoms with E-state index in [1.165, 1.54) is 16.7 Å². The van der Waals surface area contributed by atoms with Crippen molar-refractivity contribution in [1.29, 1.82) is 0 Å². The summed E-state index contributed by atoms with van der Waals surface area (Å²) in [7, 11) is 0. The summed E-state index contributed by atoms with van der Waals surface area (Å²) in [6.07, 6.45) is 5.08. The molecule has 90 valence electrons. The van der Waals surface area contributed by atoms with Crippen molar-refractivity contribution >= 4 is 0 Å². The van der Waals surface area contributed by atoms with Gasteiger partial charge in [-0.15, -0.1) is 0 Å². The van der Waals surface area contributed by atoms with Crippen LogP contribution in [0, 0.1) is 6.92 Å². The topological polar surface area (TPSA) is 27.8 Å². The molecule has 0 aliphatic rings. The van der Waals surface area contributed by atoms with Crippen LogP contribution in [0.5, 0.6) is 0 Å². The van der Waals surface area contributed by atoms with E-state index in [9.17, 15) is 0 Å². The molecule has 0 aliphatic heterocycles. The zero-order valence-corrected chi connectivity index (χ0v) is 10.5. The van der Waals surface area contributed by atoms with Crippen LogP contribution >= 0.6 is 0 Å². The Morgan fingerprint density at radius 3 is 2.76 bits per heavy atom. The largest absolute Gasteiger partial charge is 0.367 e. The third kappa shape index (κ3) is 3.46. The Labute approximate surface area is 103 Å². The maximum absolute atomic E-state index is 3.54. The zero-order valence-electron chi connectivity index (χ0n) is 10.5. The lowest BCUT2D eigenvalue weighted by Gasteiger charge is -2.14. The summed E-state index contributed by atoms with van der Waals surface area (Å²) in [6, 6.07) is 11.2. The van der Waals surface area contributed by atoms with E-state index in [1.807, 2.05) is 12.4 Å². The molecule has 2 nitrogen and oxygen atoms in total. The molecule has 0 spiro atoms. The molecule has 1 aromatic heterocycles. The number of rotatable bonds is 5.